The number of carbonyl (C=O) groups excluding carboxylic acids is 2. The molecule has 1 aliphatic carbocycles. The quantitative estimate of drug-likeness (QED) is 0.0145. The summed E-state index contributed by atoms with van der Waals surface area (Å²) in [5.41, 5.74) is 0. The number of esters is 2. The first-order valence-corrected chi connectivity index (χ1v) is 27.9. The van der Waals surface area contributed by atoms with Crippen LogP contribution in [0.25, 0.3) is 0 Å². The number of unbranched alkanes of at least 4 members (excludes halogenated alkanes) is 33. The van der Waals surface area contributed by atoms with Crippen molar-refractivity contribution < 1.29 is 63.1 Å². The summed E-state index contributed by atoms with van der Waals surface area (Å²) in [6.45, 7) is 4.88. The molecule has 384 valence electrons. The lowest BCUT2D eigenvalue weighted by Gasteiger charge is -2.41. The maximum atomic E-state index is 12.8. The standard InChI is InChI=1S/C51H97O13P/c1-3-5-7-9-11-13-15-17-19-20-21-22-23-24-26-27-29-31-33-35-37-39-44(52)61-41-43(42-62-65(59,60)64-51-49(57)47(55)46(54)48(56)50(51)58)63-45(53)40-38-36-34-32-30-28-25-18-16-14-12-10-8-6-4-2/h4,43,46-51,54-58H,2-3,5-42H2,1H3,(H,59,60)/t43-,46?,47-,48?,49?,50?,51?/m0/s1. The van der Waals surface area contributed by atoms with Crippen LogP contribution in [0, 0.1) is 0 Å². The Morgan fingerprint density at radius 3 is 1.18 bits per heavy atom. The molecule has 6 unspecified atom stereocenters. The van der Waals surface area contributed by atoms with Crippen molar-refractivity contribution in [2.75, 3.05) is 13.2 Å². The number of hydrogen-bond donors (Lipinski definition) is 6. The first-order chi connectivity index (χ1) is 31.4. The van der Waals surface area contributed by atoms with Gasteiger partial charge in [0, 0.05) is 12.8 Å². The van der Waals surface area contributed by atoms with E-state index in [4.69, 9.17) is 18.5 Å². The van der Waals surface area contributed by atoms with Gasteiger partial charge in [-0.25, -0.2) is 4.57 Å². The Morgan fingerprint density at radius 2 is 0.815 bits per heavy atom. The van der Waals surface area contributed by atoms with Gasteiger partial charge in [-0.05, 0) is 25.7 Å². The third-order valence-corrected chi connectivity index (χ3v) is 13.7. The summed E-state index contributed by atoms with van der Waals surface area (Å²) < 4.78 is 33.7. The van der Waals surface area contributed by atoms with E-state index in [2.05, 4.69) is 13.5 Å². The molecule has 1 aliphatic rings. The summed E-state index contributed by atoms with van der Waals surface area (Å²) in [7, 11) is -5.12. The molecule has 14 heteroatoms. The number of ether oxygens (including phenoxy) is 2. The van der Waals surface area contributed by atoms with Gasteiger partial charge in [0.05, 0.1) is 6.61 Å². The van der Waals surface area contributed by atoms with Crippen LogP contribution in [0.3, 0.4) is 0 Å². The molecule has 0 bridgehead atoms. The van der Waals surface area contributed by atoms with Gasteiger partial charge in [0.2, 0.25) is 0 Å². The lowest BCUT2D eigenvalue weighted by molar-refractivity contribution is -0.220. The number of phosphoric ester groups is 1. The Labute approximate surface area is 394 Å². The molecule has 6 N–H and O–H groups in total. The molecule has 13 nitrogen and oxygen atoms in total. The number of carbonyl (C=O) groups is 2. The molecule has 1 fully saturated rings. The van der Waals surface area contributed by atoms with Crippen molar-refractivity contribution in [3.8, 4) is 0 Å². The van der Waals surface area contributed by atoms with Crippen molar-refractivity contribution in [3.63, 3.8) is 0 Å². The minimum absolute atomic E-state index is 0.0997. The highest BCUT2D eigenvalue weighted by Crippen LogP contribution is 2.47. The van der Waals surface area contributed by atoms with Crippen molar-refractivity contribution in [3.05, 3.63) is 12.7 Å². The van der Waals surface area contributed by atoms with Gasteiger partial charge in [-0.15, -0.1) is 6.58 Å². The van der Waals surface area contributed by atoms with E-state index in [-0.39, 0.29) is 12.8 Å². The van der Waals surface area contributed by atoms with Gasteiger partial charge in [-0.2, -0.15) is 0 Å². The fourth-order valence-electron chi connectivity index (χ4n) is 8.51. The molecule has 65 heavy (non-hydrogen) atoms. The molecule has 0 saturated heterocycles. The molecular formula is C51H97O13P. The zero-order valence-corrected chi connectivity index (χ0v) is 41.8. The average molecular weight is 949 g/mol. The minimum atomic E-state index is -5.12. The molecule has 0 aliphatic heterocycles. The maximum Gasteiger partial charge on any atom is 0.472 e. The molecule has 8 atom stereocenters. The zero-order chi connectivity index (χ0) is 47.8. The summed E-state index contributed by atoms with van der Waals surface area (Å²) in [4.78, 5) is 35.8. The van der Waals surface area contributed by atoms with Crippen molar-refractivity contribution in [2.24, 2.45) is 0 Å². The first-order valence-electron chi connectivity index (χ1n) is 26.5. The van der Waals surface area contributed by atoms with E-state index in [1.54, 1.807) is 0 Å². The normalized spacial score (nSPS) is 21.2. The van der Waals surface area contributed by atoms with E-state index in [1.165, 1.54) is 161 Å². The molecule has 0 aromatic carbocycles. The summed E-state index contributed by atoms with van der Waals surface area (Å²) in [6, 6.07) is 0. The largest absolute Gasteiger partial charge is 0.472 e. The molecule has 0 aromatic rings. The van der Waals surface area contributed by atoms with Gasteiger partial charge in [-0.1, -0.05) is 212 Å². The molecule has 1 saturated carbocycles. The van der Waals surface area contributed by atoms with Crippen LogP contribution in [0.1, 0.15) is 244 Å². The van der Waals surface area contributed by atoms with Gasteiger partial charge < -0.3 is 39.9 Å². The Kier molecular flexibility index (Phi) is 39.4. The van der Waals surface area contributed by atoms with E-state index < -0.39 is 75.7 Å². The van der Waals surface area contributed by atoms with E-state index in [0.717, 1.165) is 51.4 Å². The number of aliphatic hydroxyl groups excluding tert-OH is 5. The molecule has 0 spiro atoms. The SMILES string of the molecule is C=CCCCCCCCCCCCCCCCC(=O)O[C@@H](COC(=O)CCCCCCCCCCCCCCCCCCCCCCC)COP(=O)(O)OC1C(O)C(O)C(O)[C@H](O)C1O. The third-order valence-electron chi connectivity index (χ3n) is 12.8. The summed E-state index contributed by atoms with van der Waals surface area (Å²) in [5.74, 6) is -1.09. The number of phosphoric acid groups is 1. The molecule has 0 amide bonds. The summed E-state index contributed by atoms with van der Waals surface area (Å²) in [6.07, 6.45) is 31.6. The maximum absolute atomic E-state index is 12.8. The first kappa shape index (κ1) is 61.6. The summed E-state index contributed by atoms with van der Waals surface area (Å²) >= 11 is 0. The van der Waals surface area contributed by atoms with E-state index in [1.807, 2.05) is 6.08 Å². The van der Waals surface area contributed by atoms with Crippen LogP contribution in [0.2, 0.25) is 0 Å². The van der Waals surface area contributed by atoms with Crippen LogP contribution in [0.5, 0.6) is 0 Å². The second-order valence-corrected chi connectivity index (χ2v) is 20.2. The molecule has 0 radical (unpaired) electrons. The Balaban J connectivity index is 2.34. The van der Waals surface area contributed by atoms with E-state index in [0.29, 0.717) is 12.8 Å². The number of aliphatic hydroxyl groups is 5. The average Bonchev–Trinajstić information content (AvgIpc) is 3.29. The van der Waals surface area contributed by atoms with Crippen LogP contribution in [0.15, 0.2) is 12.7 Å². The number of rotatable bonds is 46. The number of allylic oxidation sites excluding steroid dienone is 1. The van der Waals surface area contributed by atoms with Crippen molar-refractivity contribution in [2.45, 2.75) is 287 Å². The van der Waals surface area contributed by atoms with Crippen LogP contribution in [-0.2, 0) is 32.7 Å². The minimum Gasteiger partial charge on any atom is -0.462 e. The van der Waals surface area contributed by atoms with Crippen molar-refractivity contribution >= 4 is 19.8 Å². The van der Waals surface area contributed by atoms with Crippen LogP contribution < -0.4 is 0 Å². The summed E-state index contributed by atoms with van der Waals surface area (Å²) in [5, 5.41) is 50.3. The Bertz CT molecular complexity index is 1170. The highest BCUT2D eigenvalue weighted by atomic mass is 31.2. The van der Waals surface area contributed by atoms with Crippen LogP contribution >= 0.6 is 7.82 Å². The lowest BCUT2D eigenvalue weighted by Crippen LogP contribution is -2.64. The zero-order valence-electron chi connectivity index (χ0n) is 40.9. The highest BCUT2D eigenvalue weighted by Gasteiger charge is 2.51. The predicted octanol–water partition coefficient (Wildman–Crippen LogP) is 11.4. The smallest absolute Gasteiger partial charge is 0.462 e. The molecular weight excluding hydrogens is 852 g/mol. The monoisotopic (exact) mass is 949 g/mol. The molecule has 1 rings (SSSR count). The second-order valence-electron chi connectivity index (χ2n) is 18.8. The van der Waals surface area contributed by atoms with Crippen LogP contribution in [0.4, 0.5) is 0 Å². The van der Waals surface area contributed by atoms with Gasteiger partial charge in [0.1, 0.15) is 43.2 Å². The van der Waals surface area contributed by atoms with Gasteiger partial charge in [-0.3, -0.25) is 18.6 Å². The fraction of sp³-hybridized carbons (Fsp3) is 0.922. The third kappa shape index (κ3) is 33.7. The second kappa shape index (κ2) is 41.6. The van der Waals surface area contributed by atoms with Crippen LogP contribution in [-0.4, -0.2) is 98.3 Å². The van der Waals surface area contributed by atoms with Gasteiger partial charge in [0.25, 0.3) is 0 Å². The number of hydrogen-bond acceptors (Lipinski definition) is 12. The Morgan fingerprint density at radius 1 is 0.492 bits per heavy atom. The lowest BCUT2D eigenvalue weighted by atomic mass is 9.85. The molecule has 0 aromatic heterocycles. The predicted molar refractivity (Wildman–Crippen MR) is 258 cm³/mol. The topological polar surface area (TPSA) is 210 Å². The van der Waals surface area contributed by atoms with E-state index >= 15 is 0 Å². The van der Waals surface area contributed by atoms with Crippen molar-refractivity contribution in [1.29, 1.82) is 0 Å². The fourth-order valence-corrected chi connectivity index (χ4v) is 9.48. The van der Waals surface area contributed by atoms with Gasteiger partial charge in [0.15, 0.2) is 6.10 Å². The molecule has 0 heterocycles. The highest BCUT2D eigenvalue weighted by molar-refractivity contribution is 7.47. The Hall–Kier alpha value is -1.41. The van der Waals surface area contributed by atoms with Crippen molar-refractivity contribution in [1.82, 2.24) is 0 Å². The van der Waals surface area contributed by atoms with Gasteiger partial charge >= 0.3 is 19.8 Å². The van der Waals surface area contributed by atoms with E-state index in [9.17, 15) is 44.6 Å².